The Labute approximate surface area is 172 Å². The summed E-state index contributed by atoms with van der Waals surface area (Å²) in [7, 11) is 0. The third kappa shape index (κ3) is 5.80. The van der Waals surface area contributed by atoms with Crippen molar-refractivity contribution in [3.63, 3.8) is 0 Å². The highest BCUT2D eigenvalue weighted by Gasteiger charge is 2.12. The van der Waals surface area contributed by atoms with Crippen molar-refractivity contribution in [3.8, 4) is 16.9 Å². The van der Waals surface area contributed by atoms with E-state index in [1.807, 2.05) is 36.4 Å². The van der Waals surface area contributed by atoms with Gasteiger partial charge in [-0.1, -0.05) is 60.1 Å². The Hall–Kier alpha value is -3.38. The van der Waals surface area contributed by atoms with Crippen molar-refractivity contribution >= 4 is 29.2 Å². The van der Waals surface area contributed by atoms with Gasteiger partial charge in [0.15, 0.2) is 13.2 Å². The molecular formula is C22H17ClFNO4. The smallest absolute Gasteiger partial charge is 0.344 e. The van der Waals surface area contributed by atoms with E-state index < -0.39 is 30.9 Å². The van der Waals surface area contributed by atoms with E-state index in [2.05, 4.69) is 5.32 Å². The van der Waals surface area contributed by atoms with Gasteiger partial charge >= 0.3 is 5.97 Å². The molecule has 0 aliphatic rings. The summed E-state index contributed by atoms with van der Waals surface area (Å²) >= 11 is 6.22. The minimum Gasteiger partial charge on any atom is -0.480 e. The quantitative estimate of drug-likeness (QED) is 0.570. The molecule has 7 heteroatoms. The van der Waals surface area contributed by atoms with Crippen molar-refractivity contribution in [2.45, 2.75) is 0 Å². The first kappa shape index (κ1) is 20.4. The lowest BCUT2D eigenvalue weighted by molar-refractivity contribution is -0.149. The van der Waals surface area contributed by atoms with E-state index >= 15 is 0 Å². The van der Waals surface area contributed by atoms with E-state index in [1.165, 1.54) is 18.2 Å². The monoisotopic (exact) mass is 413 g/mol. The Morgan fingerprint density at radius 3 is 2.34 bits per heavy atom. The summed E-state index contributed by atoms with van der Waals surface area (Å²) in [5, 5.41) is 2.66. The van der Waals surface area contributed by atoms with Gasteiger partial charge in [0.1, 0.15) is 11.6 Å². The van der Waals surface area contributed by atoms with Crippen LogP contribution in [-0.4, -0.2) is 25.1 Å². The van der Waals surface area contributed by atoms with Gasteiger partial charge in [0.2, 0.25) is 0 Å². The molecule has 0 aromatic heterocycles. The normalized spacial score (nSPS) is 10.3. The second kappa shape index (κ2) is 9.71. The van der Waals surface area contributed by atoms with Crippen LogP contribution >= 0.6 is 11.6 Å². The second-order valence-corrected chi connectivity index (χ2v) is 6.40. The van der Waals surface area contributed by atoms with Crippen LogP contribution in [0.15, 0.2) is 72.8 Å². The van der Waals surface area contributed by atoms with Gasteiger partial charge in [-0.25, -0.2) is 9.18 Å². The van der Waals surface area contributed by atoms with Gasteiger partial charge in [0, 0.05) is 0 Å². The Kier molecular flexibility index (Phi) is 6.81. The maximum Gasteiger partial charge on any atom is 0.344 e. The van der Waals surface area contributed by atoms with Crippen LogP contribution < -0.4 is 10.1 Å². The highest BCUT2D eigenvalue weighted by Crippen LogP contribution is 2.30. The zero-order chi connectivity index (χ0) is 20.6. The fourth-order valence-electron chi connectivity index (χ4n) is 2.50. The molecule has 1 amide bonds. The molecule has 0 saturated carbocycles. The SMILES string of the molecule is O=C(COC(=O)COc1ccc(-c2ccccc2)cc1Cl)Nc1ccccc1F. The number of rotatable bonds is 7. The number of hydrogen-bond donors (Lipinski definition) is 1. The highest BCUT2D eigenvalue weighted by atomic mass is 35.5. The number of anilines is 1. The van der Waals surface area contributed by atoms with Gasteiger partial charge in [0.25, 0.3) is 5.91 Å². The molecule has 0 bridgehead atoms. The van der Waals surface area contributed by atoms with Gasteiger partial charge in [-0.2, -0.15) is 0 Å². The molecule has 0 unspecified atom stereocenters. The van der Waals surface area contributed by atoms with Crippen LogP contribution in [0.5, 0.6) is 5.75 Å². The summed E-state index contributed by atoms with van der Waals surface area (Å²) in [4.78, 5) is 23.5. The first-order valence-electron chi connectivity index (χ1n) is 8.70. The number of benzene rings is 3. The standard InChI is InChI=1S/C22H17ClFNO4/c23-17-12-16(15-6-2-1-3-7-15)10-11-20(17)28-14-22(27)29-13-21(26)25-19-9-5-4-8-18(19)24/h1-12H,13-14H2,(H,25,26). The first-order chi connectivity index (χ1) is 14.0. The number of amides is 1. The summed E-state index contributed by atoms with van der Waals surface area (Å²) in [5.41, 5.74) is 1.92. The zero-order valence-corrected chi connectivity index (χ0v) is 16.0. The van der Waals surface area contributed by atoms with Crippen LogP contribution in [0.25, 0.3) is 11.1 Å². The topological polar surface area (TPSA) is 64.6 Å². The van der Waals surface area contributed by atoms with Gasteiger partial charge in [-0.15, -0.1) is 0 Å². The van der Waals surface area contributed by atoms with Gasteiger partial charge in [-0.3, -0.25) is 4.79 Å². The van der Waals surface area contributed by atoms with E-state index in [9.17, 15) is 14.0 Å². The Bertz CT molecular complexity index is 1010. The lowest BCUT2D eigenvalue weighted by Crippen LogP contribution is -2.24. The molecular weight excluding hydrogens is 397 g/mol. The molecule has 29 heavy (non-hydrogen) atoms. The van der Waals surface area contributed by atoms with Gasteiger partial charge in [-0.05, 0) is 35.4 Å². The molecule has 3 aromatic carbocycles. The fourth-order valence-corrected chi connectivity index (χ4v) is 2.74. The third-order valence-corrected chi connectivity index (χ3v) is 4.19. The van der Waals surface area contributed by atoms with Gasteiger partial charge in [0.05, 0.1) is 10.7 Å². The lowest BCUT2D eigenvalue weighted by Gasteiger charge is -2.10. The predicted octanol–water partition coefficient (Wildman–Crippen LogP) is 4.71. The summed E-state index contributed by atoms with van der Waals surface area (Å²) < 4.78 is 23.7. The average molecular weight is 414 g/mol. The molecule has 0 aliphatic heterocycles. The predicted molar refractivity (Wildman–Crippen MR) is 108 cm³/mol. The van der Waals surface area contributed by atoms with Crippen molar-refractivity contribution in [1.29, 1.82) is 0 Å². The van der Waals surface area contributed by atoms with Crippen molar-refractivity contribution in [1.82, 2.24) is 0 Å². The molecule has 3 aromatic rings. The molecule has 0 spiro atoms. The van der Waals surface area contributed by atoms with Crippen molar-refractivity contribution in [3.05, 3.63) is 83.6 Å². The minimum absolute atomic E-state index is 0.00934. The van der Waals surface area contributed by atoms with Crippen molar-refractivity contribution < 1.29 is 23.5 Å². The van der Waals surface area contributed by atoms with Crippen LogP contribution in [0.2, 0.25) is 5.02 Å². The second-order valence-electron chi connectivity index (χ2n) is 5.99. The molecule has 0 aliphatic carbocycles. The molecule has 3 rings (SSSR count). The Morgan fingerprint density at radius 1 is 0.897 bits per heavy atom. The van der Waals surface area contributed by atoms with E-state index in [4.69, 9.17) is 21.1 Å². The van der Waals surface area contributed by atoms with Crippen LogP contribution in [-0.2, 0) is 14.3 Å². The van der Waals surface area contributed by atoms with E-state index in [1.54, 1.807) is 18.2 Å². The van der Waals surface area contributed by atoms with Crippen molar-refractivity contribution in [2.75, 3.05) is 18.5 Å². The number of ether oxygens (including phenoxy) is 2. The molecule has 1 N–H and O–H groups in total. The Balaban J connectivity index is 1.48. The van der Waals surface area contributed by atoms with Crippen LogP contribution in [0, 0.1) is 5.82 Å². The van der Waals surface area contributed by atoms with E-state index in [0.29, 0.717) is 10.8 Å². The maximum atomic E-state index is 13.5. The summed E-state index contributed by atoms with van der Waals surface area (Å²) in [6.45, 7) is -0.978. The molecule has 0 atom stereocenters. The number of esters is 1. The number of halogens is 2. The molecule has 0 radical (unpaired) electrons. The average Bonchev–Trinajstić information content (AvgIpc) is 2.73. The first-order valence-corrected chi connectivity index (χ1v) is 9.08. The number of carbonyl (C=O) groups excluding carboxylic acids is 2. The van der Waals surface area contributed by atoms with E-state index in [0.717, 1.165) is 11.1 Å². The summed E-state index contributed by atoms with van der Waals surface area (Å²) in [5.74, 6) is -1.67. The fraction of sp³-hybridized carbons (Fsp3) is 0.0909. The zero-order valence-electron chi connectivity index (χ0n) is 15.2. The Morgan fingerprint density at radius 2 is 1.62 bits per heavy atom. The summed E-state index contributed by atoms with van der Waals surface area (Å²) in [6.07, 6.45) is 0. The summed E-state index contributed by atoms with van der Waals surface area (Å²) in [6, 6.07) is 20.6. The molecule has 0 fully saturated rings. The van der Waals surface area contributed by atoms with E-state index in [-0.39, 0.29) is 5.69 Å². The highest BCUT2D eigenvalue weighted by molar-refractivity contribution is 6.32. The largest absolute Gasteiger partial charge is 0.480 e. The van der Waals surface area contributed by atoms with Gasteiger partial charge < -0.3 is 14.8 Å². The molecule has 148 valence electrons. The number of nitrogens with one attached hydrogen (secondary N) is 1. The number of hydrogen-bond acceptors (Lipinski definition) is 4. The molecule has 5 nitrogen and oxygen atoms in total. The number of para-hydroxylation sites is 1. The molecule has 0 saturated heterocycles. The third-order valence-electron chi connectivity index (χ3n) is 3.90. The van der Waals surface area contributed by atoms with Crippen LogP contribution in [0.3, 0.4) is 0 Å². The van der Waals surface area contributed by atoms with Crippen LogP contribution in [0.1, 0.15) is 0 Å². The van der Waals surface area contributed by atoms with Crippen LogP contribution in [0.4, 0.5) is 10.1 Å². The minimum atomic E-state index is -0.753. The van der Waals surface area contributed by atoms with Crippen molar-refractivity contribution in [2.24, 2.45) is 0 Å². The number of carbonyl (C=O) groups is 2. The maximum absolute atomic E-state index is 13.5. The lowest BCUT2D eigenvalue weighted by atomic mass is 10.1. The molecule has 0 heterocycles.